The molecule has 18 heavy (non-hydrogen) atoms. The Hall–Kier alpha value is -1.35. The van der Waals surface area contributed by atoms with Crippen LogP contribution in [-0.2, 0) is 0 Å². The van der Waals surface area contributed by atoms with Gasteiger partial charge in [-0.15, -0.1) is 0 Å². The second-order valence-corrected chi connectivity index (χ2v) is 5.11. The molecule has 3 heteroatoms. The van der Waals surface area contributed by atoms with Gasteiger partial charge < -0.3 is 10.2 Å². The number of piperidine rings is 1. The number of hydrogen-bond donors (Lipinski definition) is 1. The van der Waals surface area contributed by atoms with E-state index in [1.54, 1.807) is 0 Å². The third-order valence-electron chi connectivity index (χ3n) is 3.81. The predicted molar refractivity (Wildman–Crippen MR) is 75.8 cm³/mol. The van der Waals surface area contributed by atoms with Gasteiger partial charge in [0.25, 0.3) is 0 Å². The quantitative estimate of drug-likeness (QED) is 0.865. The zero-order valence-corrected chi connectivity index (χ0v) is 10.9. The van der Waals surface area contributed by atoms with Crippen molar-refractivity contribution >= 4 is 11.4 Å². The summed E-state index contributed by atoms with van der Waals surface area (Å²) < 4.78 is 0. The van der Waals surface area contributed by atoms with Crippen LogP contribution in [0.5, 0.6) is 0 Å². The maximum Gasteiger partial charge on any atom is 0.129 e. The lowest BCUT2D eigenvalue weighted by Gasteiger charge is -2.28. The Labute approximate surface area is 109 Å². The minimum Gasteiger partial charge on any atom is -0.357 e. The Morgan fingerprint density at radius 2 is 2.00 bits per heavy atom. The van der Waals surface area contributed by atoms with Crippen molar-refractivity contribution in [1.29, 1.82) is 0 Å². The van der Waals surface area contributed by atoms with Crippen LogP contribution in [-0.4, -0.2) is 31.2 Å². The van der Waals surface area contributed by atoms with Gasteiger partial charge in [-0.2, -0.15) is 0 Å². The van der Waals surface area contributed by atoms with Crippen molar-refractivity contribution < 1.29 is 0 Å². The molecule has 1 aromatic heterocycles. The SMILES string of the molecule is C1=C(c2cccc(N3CCCCC3)n2)CCNC1. The van der Waals surface area contributed by atoms with E-state index in [-0.39, 0.29) is 0 Å². The molecule has 0 amide bonds. The maximum atomic E-state index is 4.85. The molecule has 2 aliphatic heterocycles. The van der Waals surface area contributed by atoms with Gasteiger partial charge in [-0.1, -0.05) is 12.1 Å². The highest BCUT2D eigenvalue weighted by Gasteiger charge is 2.13. The van der Waals surface area contributed by atoms with Gasteiger partial charge in [0.15, 0.2) is 0 Å². The van der Waals surface area contributed by atoms with Crippen LogP contribution in [0.3, 0.4) is 0 Å². The van der Waals surface area contributed by atoms with Gasteiger partial charge in [-0.3, -0.25) is 0 Å². The van der Waals surface area contributed by atoms with E-state index >= 15 is 0 Å². The molecule has 1 fully saturated rings. The van der Waals surface area contributed by atoms with E-state index in [4.69, 9.17) is 4.98 Å². The van der Waals surface area contributed by atoms with E-state index in [1.807, 2.05) is 0 Å². The molecule has 2 aliphatic rings. The van der Waals surface area contributed by atoms with E-state index in [9.17, 15) is 0 Å². The van der Waals surface area contributed by atoms with Gasteiger partial charge in [-0.25, -0.2) is 4.98 Å². The van der Waals surface area contributed by atoms with Crippen molar-refractivity contribution in [2.75, 3.05) is 31.1 Å². The van der Waals surface area contributed by atoms with Gasteiger partial charge >= 0.3 is 0 Å². The Bertz CT molecular complexity index is 433. The van der Waals surface area contributed by atoms with Gasteiger partial charge in [-0.05, 0) is 49.9 Å². The minimum atomic E-state index is 0.977. The third-order valence-corrected chi connectivity index (χ3v) is 3.81. The fourth-order valence-electron chi connectivity index (χ4n) is 2.76. The third kappa shape index (κ3) is 2.56. The predicted octanol–water partition coefficient (Wildman–Crippen LogP) is 2.45. The monoisotopic (exact) mass is 243 g/mol. The summed E-state index contributed by atoms with van der Waals surface area (Å²) in [6, 6.07) is 6.44. The number of nitrogens with zero attached hydrogens (tertiary/aromatic N) is 2. The van der Waals surface area contributed by atoms with E-state index in [2.05, 4.69) is 34.5 Å². The second kappa shape index (κ2) is 5.53. The fraction of sp³-hybridized carbons (Fsp3) is 0.533. The minimum absolute atomic E-state index is 0.977. The lowest BCUT2D eigenvalue weighted by Crippen LogP contribution is -2.30. The summed E-state index contributed by atoms with van der Waals surface area (Å²) in [7, 11) is 0. The molecule has 0 bridgehead atoms. The van der Waals surface area contributed by atoms with Crippen LogP contribution in [0.2, 0.25) is 0 Å². The number of pyridine rings is 1. The van der Waals surface area contributed by atoms with Crippen LogP contribution >= 0.6 is 0 Å². The number of nitrogens with one attached hydrogen (secondary N) is 1. The molecular weight excluding hydrogens is 222 g/mol. The smallest absolute Gasteiger partial charge is 0.129 e. The lowest BCUT2D eigenvalue weighted by atomic mass is 10.1. The normalized spacial score (nSPS) is 20.7. The van der Waals surface area contributed by atoms with Gasteiger partial charge in [0, 0.05) is 19.6 Å². The largest absolute Gasteiger partial charge is 0.357 e. The molecule has 96 valence electrons. The molecule has 1 N–H and O–H groups in total. The van der Waals surface area contributed by atoms with Crippen molar-refractivity contribution in [1.82, 2.24) is 10.3 Å². The molecule has 1 aromatic rings. The fourth-order valence-corrected chi connectivity index (χ4v) is 2.76. The van der Waals surface area contributed by atoms with Crippen molar-refractivity contribution in [2.24, 2.45) is 0 Å². The Kier molecular flexibility index (Phi) is 3.60. The zero-order chi connectivity index (χ0) is 12.2. The maximum absolute atomic E-state index is 4.85. The molecule has 0 spiro atoms. The average Bonchev–Trinajstić information content (AvgIpc) is 2.49. The first-order chi connectivity index (χ1) is 8.93. The topological polar surface area (TPSA) is 28.2 Å². The summed E-state index contributed by atoms with van der Waals surface area (Å²) in [5.41, 5.74) is 2.56. The summed E-state index contributed by atoms with van der Waals surface area (Å²) in [5, 5.41) is 3.35. The first-order valence-electron chi connectivity index (χ1n) is 7.05. The number of rotatable bonds is 2. The molecule has 0 aromatic carbocycles. The van der Waals surface area contributed by atoms with E-state index in [0.717, 1.165) is 38.4 Å². The molecule has 0 atom stereocenters. The van der Waals surface area contributed by atoms with Gasteiger partial charge in [0.2, 0.25) is 0 Å². The molecular formula is C15H21N3. The molecule has 3 nitrogen and oxygen atoms in total. The van der Waals surface area contributed by atoms with E-state index in [1.165, 1.54) is 30.5 Å². The van der Waals surface area contributed by atoms with Crippen molar-refractivity contribution in [3.63, 3.8) is 0 Å². The molecule has 1 saturated heterocycles. The Balaban J connectivity index is 1.81. The van der Waals surface area contributed by atoms with Gasteiger partial charge in [0.05, 0.1) is 5.69 Å². The lowest BCUT2D eigenvalue weighted by molar-refractivity contribution is 0.573. The van der Waals surface area contributed by atoms with Crippen molar-refractivity contribution in [3.05, 3.63) is 30.0 Å². The van der Waals surface area contributed by atoms with Crippen LogP contribution in [0.15, 0.2) is 24.3 Å². The van der Waals surface area contributed by atoms with Crippen LogP contribution < -0.4 is 10.2 Å². The summed E-state index contributed by atoms with van der Waals surface area (Å²) in [6.45, 7) is 4.38. The van der Waals surface area contributed by atoms with Crippen molar-refractivity contribution in [3.8, 4) is 0 Å². The standard InChI is InChI=1S/C15H21N3/c1-2-11-18(12-3-1)15-6-4-5-14(17-15)13-7-9-16-10-8-13/h4-7,16H,1-3,8-12H2. The van der Waals surface area contributed by atoms with Crippen LogP contribution in [0.1, 0.15) is 31.4 Å². The first kappa shape index (κ1) is 11.7. The summed E-state index contributed by atoms with van der Waals surface area (Å²) in [4.78, 5) is 7.28. The number of anilines is 1. The summed E-state index contributed by atoms with van der Waals surface area (Å²) in [5.74, 6) is 1.16. The number of hydrogen-bond acceptors (Lipinski definition) is 3. The highest BCUT2D eigenvalue weighted by Crippen LogP contribution is 2.22. The molecule has 0 saturated carbocycles. The van der Waals surface area contributed by atoms with E-state index < -0.39 is 0 Å². The average molecular weight is 243 g/mol. The van der Waals surface area contributed by atoms with E-state index in [0.29, 0.717) is 0 Å². The summed E-state index contributed by atoms with van der Waals surface area (Å²) >= 11 is 0. The van der Waals surface area contributed by atoms with Crippen molar-refractivity contribution in [2.45, 2.75) is 25.7 Å². The molecule has 0 unspecified atom stereocenters. The van der Waals surface area contributed by atoms with Crippen LogP contribution in [0.4, 0.5) is 5.82 Å². The highest BCUT2D eigenvalue weighted by atomic mass is 15.2. The Morgan fingerprint density at radius 3 is 2.78 bits per heavy atom. The molecule has 3 heterocycles. The van der Waals surface area contributed by atoms with Gasteiger partial charge in [0.1, 0.15) is 5.82 Å². The highest BCUT2D eigenvalue weighted by molar-refractivity contribution is 5.65. The Morgan fingerprint density at radius 1 is 1.11 bits per heavy atom. The first-order valence-corrected chi connectivity index (χ1v) is 7.05. The zero-order valence-electron chi connectivity index (χ0n) is 10.9. The second-order valence-electron chi connectivity index (χ2n) is 5.11. The van der Waals surface area contributed by atoms with Crippen LogP contribution in [0, 0.1) is 0 Å². The summed E-state index contributed by atoms with van der Waals surface area (Å²) in [6.07, 6.45) is 7.34. The molecule has 0 aliphatic carbocycles. The van der Waals surface area contributed by atoms with Crippen LogP contribution in [0.25, 0.3) is 5.57 Å². The number of aromatic nitrogens is 1. The molecule has 0 radical (unpaired) electrons. The molecule has 3 rings (SSSR count).